The Labute approximate surface area is 90.6 Å². The predicted molar refractivity (Wildman–Crippen MR) is 55.4 cm³/mol. The molecule has 0 spiro atoms. The third-order valence-corrected chi connectivity index (χ3v) is 2.98. The Morgan fingerprint density at radius 2 is 2.00 bits per heavy atom. The number of anilines is 1. The molecule has 7 heteroatoms. The molecule has 3 rings (SSSR count). The van der Waals surface area contributed by atoms with E-state index in [0.717, 1.165) is 0 Å². The fourth-order valence-electron chi connectivity index (χ4n) is 2.05. The van der Waals surface area contributed by atoms with Gasteiger partial charge in [0, 0.05) is 6.42 Å². The lowest BCUT2D eigenvalue weighted by Crippen LogP contribution is -2.46. The molecule has 0 aromatic carbocycles. The van der Waals surface area contributed by atoms with Gasteiger partial charge in [0.15, 0.2) is 11.5 Å². The molecule has 0 saturated heterocycles. The lowest BCUT2D eigenvalue weighted by Gasteiger charge is -2.38. The second-order valence-electron chi connectivity index (χ2n) is 3.94. The second-order valence-corrected chi connectivity index (χ2v) is 3.94. The van der Waals surface area contributed by atoms with Crippen LogP contribution in [0.4, 0.5) is 5.82 Å². The zero-order valence-electron chi connectivity index (χ0n) is 8.35. The van der Waals surface area contributed by atoms with Crippen molar-refractivity contribution in [1.29, 1.82) is 0 Å². The number of aliphatic hydroxyl groups excluding tert-OH is 2. The maximum atomic E-state index is 9.60. The summed E-state index contributed by atoms with van der Waals surface area (Å²) in [5.74, 6) is 0.298. The monoisotopic (exact) mass is 221 g/mol. The van der Waals surface area contributed by atoms with Gasteiger partial charge in [-0.2, -0.15) is 0 Å². The summed E-state index contributed by atoms with van der Waals surface area (Å²) in [7, 11) is 0. The Bertz CT molecular complexity index is 532. The zero-order valence-corrected chi connectivity index (χ0v) is 8.35. The molecule has 2 aromatic rings. The average Bonchev–Trinajstić information content (AvgIpc) is 2.63. The van der Waals surface area contributed by atoms with Crippen LogP contribution in [0.3, 0.4) is 0 Å². The lowest BCUT2D eigenvalue weighted by molar-refractivity contribution is -0.0804. The summed E-state index contributed by atoms with van der Waals surface area (Å²) in [6.45, 7) is 0. The first kappa shape index (κ1) is 9.49. The summed E-state index contributed by atoms with van der Waals surface area (Å²) in [5, 5.41) is 19.2. The normalized spacial score (nSPS) is 29.2. The smallest absolute Gasteiger partial charge is 0.165 e. The predicted octanol–water partition coefficient (Wildman–Crippen LogP) is -0.925. The molecule has 2 heterocycles. The third kappa shape index (κ3) is 1.12. The number of nitrogen functional groups attached to an aromatic ring is 1. The number of nitrogens with two attached hydrogens (primary N) is 1. The van der Waals surface area contributed by atoms with Gasteiger partial charge in [-0.25, -0.2) is 15.0 Å². The standard InChI is InChI=1S/C9H11N5O2/c10-8-6-9(12-2-11-8)14(3-13-6)7-4(15)1-5(7)16/h2-5,7,15-16H,1H2,(H2,10,11,12). The quantitative estimate of drug-likeness (QED) is 0.574. The first-order chi connectivity index (χ1) is 7.68. The third-order valence-electron chi connectivity index (χ3n) is 2.98. The first-order valence-corrected chi connectivity index (χ1v) is 4.97. The van der Waals surface area contributed by atoms with E-state index in [-0.39, 0.29) is 6.04 Å². The van der Waals surface area contributed by atoms with Gasteiger partial charge in [-0.15, -0.1) is 0 Å². The van der Waals surface area contributed by atoms with Gasteiger partial charge in [-0.3, -0.25) is 0 Å². The van der Waals surface area contributed by atoms with E-state index >= 15 is 0 Å². The van der Waals surface area contributed by atoms with Gasteiger partial charge in [0.25, 0.3) is 0 Å². The van der Waals surface area contributed by atoms with E-state index in [4.69, 9.17) is 5.73 Å². The van der Waals surface area contributed by atoms with Gasteiger partial charge in [-0.1, -0.05) is 0 Å². The van der Waals surface area contributed by atoms with Crippen LogP contribution in [0.15, 0.2) is 12.7 Å². The number of fused-ring (bicyclic) bond motifs is 1. The molecule has 1 saturated carbocycles. The largest absolute Gasteiger partial charge is 0.391 e. The van der Waals surface area contributed by atoms with Crippen LogP contribution >= 0.6 is 0 Å². The number of imidazole rings is 1. The van der Waals surface area contributed by atoms with Crippen molar-refractivity contribution in [3.63, 3.8) is 0 Å². The summed E-state index contributed by atoms with van der Waals surface area (Å²) in [5.41, 5.74) is 6.68. The Kier molecular flexibility index (Phi) is 1.86. The molecule has 2 unspecified atom stereocenters. The van der Waals surface area contributed by atoms with Crippen molar-refractivity contribution < 1.29 is 10.2 Å². The zero-order chi connectivity index (χ0) is 11.3. The molecule has 0 bridgehead atoms. The van der Waals surface area contributed by atoms with Crippen molar-refractivity contribution in [2.45, 2.75) is 24.7 Å². The van der Waals surface area contributed by atoms with E-state index < -0.39 is 12.2 Å². The van der Waals surface area contributed by atoms with Gasteiger partial charge in [0.2, 0.25) is 0 Å². The van der Waals surface area contributed by atoms with E-state index in [1.54, 1.807) is 4.57 Å². The van der Waals surface area contributed by atoms with Crippen molar-refractivity contribution >= 4 is 17.0 Å². The highest BCUT2D eigenvalue weighted by Crippen LogP contribution is 2.34. The molecule has 1 aliphatic rings. The highest BCUT2D eigenvalue weighted by atomic mass is 16.3. The molecule has 7 nitrogen and oxygen atoms in total. The number of nitrogens with zero attached hydrogens (tertiary/aromatic N) is 4. The molecule has 0 radical (unpaired) electrons. The average molecular weight is 221 g/mol. The molecule has 0 amide bonds. The van der Waals surface area contributed by atoms with Crippen molar-refractivity contribution in [1.82, 2.24) is 19.5 Å². The molecule has 1 fully saturated rings. The highest BCUT2D eigenvalue weighted by Gasteiger charge is 2.41. The van der Waals surface area contributed by atoms with Crippen molar-refractivity contribution in [3.05, 3.63) is 12.7 Å². The van der Waals surface area contributed by atoms with Crippen LogP contribution in [-0.2, 0) is 0 Å². The molecule has 1 aliphatic carbocycles. The number of aliphatic hydroxyl groups is 2. The molecule has 0 aliphatic heterocycles. The number of aromatic nitrogens is 4. The number of rotatable bonds is 1. The van der Waals surface area contributed by atoms with Gasteiger partial charge in [-0.05, 0) is 0 Å². The van der Waals surface area contributed by atoms with Crippen LogP contribution in [-0.4, -0.2) is 41.9 Å². The van der Waals surface area contributed by atoms with Gasteiger partial charge in [0.1, 0.15) is 11.8 Å². The maximum Gasteiger partial charge on any atom is 0.165 e. The topological polar surface area (TPSA) is 110 Å². The van der Waals surface area contributed by atoms with E-state index in [2.05, 4.69) is 15.0 Å². The molecule has 84 valence electrons. The summed E-state index contributed by atoms with van der Waals surface area (Å²) < 4.78 is 1.65. The summed E-state index contributed by atoms with van der Waals surface area (Å²) in [6, 6.07) is -0.390. The van der Waals surface area contributed by atoms with Crippen LogP contribution in [0.2, 0.25) is 0 Å². The van der Waals surface area contributed by atoms with Crippen molar-refractivity contribution in [2.75, 3.05) is 5.73 Å². The summed E-state index contributed by atoms with van der Waals surface area (Å²) in [4.78, 5) is 12.0. The number of hydrogen-bond acceptors (Lipinski definition) is 6. The fraction of sp³-hybridized carbons (Fsp3) is 0.444. The van der Waals surface area contributed by atoms with Gasteiger partial charge >= 0.3 is 0 Å². The second kappa shape index (κ2) is 3.13. The first-order valence-electron chi connectivity index (χ1n) is 4.97. The Morgan fingerprint density at radius 1 is 1.25 bits per heavy atom. The van der Waals surface area contributed by atoms with Crippen LogP contribution in [0, 0.1) is 0 Å². The van der Waals surface area contributed by atoms with Crippen LogP contribution in [0.25, 0.3) is 11.2 Å². The molecule has 2 atom stereocenters. The molecular weight excluding hydrogens is 210 g/mol. The minimum absolute atomic E-state index is 0.298. The van der Waals surface area contributed by atoms with E-state index in [1.807, 2.05) is 0 Å². The van der Waals surface area contributed by atoms with Crippen LogP contribution < -0.4 is 5.73 Å². The SMILES string of the molecule is Nc1ncnc2c1ncn2C1C(O)CC1O. The number of hydrogen-bond donors (Lipinski definition) is 3. The Balaban J connectivity index is 2.14. The fourth-order valence-corrected chi connectivity index (χ4v) is 2.05. The van der Waals surface area contributed by atoms with E-state index in [0.29, 0.717) is 23.4 Å². The molecule has 16 heavy (non-hydrogen) atoms. The summed E-state index contributed by atoms with van der Waals surface area (Å²) in [6.07, 6.45) is 2.11. The lowest BCUT2D eigenvalue weighted by atomic mass is 9.85. The maximum absolute atomic E-state index is 9.60. The van der Waals surface area contributed by atoms with E-state index in [9.17, 15) is 10.2 Å². The molecule has 4 N–H and O–H groups in total. The van der Waals surface area contributed by atoms with Gasteiger partial charge < -0.3 is 20.5 Å². The minimum atomic E-state index is -0.566. The van der Waals surface area contributed by atoms with Crippen LogP contribution in [0.1, 0.15) is 12.5 Å². The Morgan fingerprint density at radius 3 is 2.69 bits per heavy atom. The van der Waals surface area contributed by atoms with Crippen molar-refractivity contribution in [3.8, 4) is 0 Å². The van der Waals surface area contributed by atoms with Gasteiger partial charge in [0.05, 0.1) is 24.6 Å². The minimum Gasteiger partial charge on any atom is -0.391 e. The van der Waals surface area contributed by atoms with E-state index in [1.165, 1.54) is 12.7 Å². The van der Waals surface area contributed by atoms with Crippen LogP contribution in [0.5, 0.6) is 0 Å². The molecular formula is C9H11N5O2. The summed E-state index contributed by atoms with van der Waals surface area (Å²) >= 11 is 0. The van der Waals surface area contributed by atoms with Crippen molar-refractivity contribution in [2.24, 2.45) is 0 Å². The highest BCUT2D eigenvalue weighted by molar-refractivity contribution is 5.81. The molecule has 2 aromatic heterocycles. The Hall–Kier alpha value is -1.73.